The zero-order valence-corrected chi connectivity index (χ0v) is 20.5. The molecule has 8 heteroatoms. The van der Waals surface area contributed by atoms with Gasteiger partial charge in [0.15, 0.2) is 0 Å². The van der Waals surface area contributed by atoms with E-state index in [2.05, 4.69) is 18.8 Å². The van der Waals surface area contributed by atoms with E-state index in [1.165, 1.54) is 0 Å². The van der Waals surface area contributed by atoms with Crippen molar-refractivity contribution >= 4 is 5.97 Å². The Morgan fingerprint density at radius 1 is 1.06 bits per heavy atom. The number of pyridine rings is 1. The van der Waals surface area contributed by atoms with Gasteiger partial charge >= 0.3 is 5.97 Å². The fourth-order valence-electron chi connectivity index (χ4n) is 3.93. The van der Waals surface area contributed by atoms with Crippen LogP contribution >= 0.6 is 0 Å². The van der Waals surface area contributed by atoms with Crippen molar-refractivity contribution in [3.05, 3.63) is 65.5 Å². The molecule has 0 atom stereocenters. The van der Waals surface area contributed by atoms with Gasteiger partial charge < -0.3 is 14.6 Å². The van der Waals surface area contributed by atoms with Crippen LogP contribution in [-0.2, 0) is 28.2 Å². The summed E-state index contributed by atoms with van der Waals surface area (Å²) < 4.78 is 13.4. The van der Waals surface area contributed by atoms with Crippen LogP contribution in [0.2, 0.25) is 0 Å². The molecule has 8 nitrogen and oxygen atoms in total. The van der Waals surface area contributed by atoms with E-state index in [0.717, 1.165) is 49.2 Å². The Morgan fingerprint density at radius 2 is 1.79 bits per heavy atom. The number of aryl methyl sites for hydroxylation is 1. The summed E-state index contributed by atoms with van der Waals surface area (Å²) in [5, 5.41) is 14.3. The van der Waals surface area contributed by atoms with Gasteiger partial charge in [0.25, 0.3) is 0 Å². The van der Waals surface area contributed by atoms with Gasteiger partial charge in [-0.15, -0.1) is 5.10 Å². The van der Waals surface area contributed by atoms with Crippen LogP contribution in [0.1, 0.15) is 73.7 Å². The Bertz CT molecular complexity index is 1070. The molecule has 0 radical (unpaired) electrons. The van der Waals surface area contributed by atoms with E-state index in [0.29, 0.717) is 24.4 Å². The summed E-state index contributed by atoms with van der Waals surface area (Å²) in [6.07, 6.45) is 7.16. The highest BCUT2D eigenvalue weighted by molar-refractivity contribution is 5.95. The molecule has 0 bridgehead atoms. The molecule has 1 N–H and O–H groups in total. The molecule has 182 valence electrons. The van der Waals surface area contributed by atoms with Crippen LogP contribution in [-0.4, -0.2) is 45.0 Å². The molecule has 2 heterocycles. The molecule has 3 rings (SSSR count). The SMILES string of the molecule is CCCCc1nc(C(CCCC)(OC)OC)nn1Cc1ccc(-c2ccccc2C(=O)O)cn1. The second kappa shape index (κ2) is 11.9. The average Bonchev–Trinajstić information content (AvgIpc) is 3.27. The average molecular weight is 467 g/mol. The van der Waals surface area contributed by atoms with E-state index in [1.54, 1.807) is 38.6 Å². The molecule has 0 aliphatic heterocycles. The minimum Gasteiger partial charge on any atom is -0.478 e. The normalized spacial score (nSPS) is 11.6. The van der Waals surface area contributed by atoms with Crippen molar-refractivity contribution in [2.24, 2.45) is 0 Å². The number of unbranched alkanes of at least 4 members (excludes halogenated alkanes) is 2. The number of hydrogen-bond donors (Lipinski definition) is 1. The lowest BCUT2D eigenvalue weighted by atomic mass is 10.0. The van der Waals surface area contributed by atoms with Crippen molar-refractivity contribution in [2.45, 2.75) is 64.7 Å². The molecule has 0 spiro atoms. The molecule has 34 heavy (non-hydrogen) atoms. The smallest absolute Gasteiger partial charge is 0.336 e. The molecule has 0 saturated carbocycles. The molecule has 0 amide bonds. The van der Waals surface area contributed by atoms with Crippen molar-refractivity contribution < 1.29 is 19.4 Å². The summed E-state index contributed by atoms with van der Waals surface area (Å²) in [7, 11) is 3.25. The number of carboxylic acids is 1. The fourth-order valence-corrected chi connectivity index (χ4v) is 3.93. The molecule has 2 aromatic heterocycles. The summed E-state index contributed by atoms with van der Waals surface area (Å²) in [5.74, 6) is -0.531. The Kier molecular flexibility index (Phi) is 8.90. The third kappa shape index (κ3) is 5.69. The summed E-state index contributed by atoms with van der Waals surface area (Å²) in [6, 6.07) is 10.7. The second-order valence-electron chi connectivity index (χ2n) is 8.27. The van der Waals surface area contributed by atoms with Gasteiger partial charge in [0.05, 0.1) is 17.8 Å². The monoisotopic (exact) mass is 466 g/mol. The van der Waals surface area contributed by atoms with Crippen molar-refractivity contribution in [3.63, 3.8) is 0 Å². The van der Waals surface area contributed by atoms with Crippen molar-refractivity contribution in [1.29, 1.82) is 0 Å². The number of methoxy groups -OCH3 is 2. The topological polar surface area (TPSA) is 99.4 Å². The van der Waals surface area contributed by atoms with E-state index >= 15 is 0 Å². The summed E-state index contributed by atoms with van der Waals surface area (Å²) in [5.41, 5.74) is 2.45. The standard InChI is InChI=1S/C26H34N4O4/c1-5-7-13-23-28-25(26(33-3,34-4)16-8-6-2)29-30(23)18-20-15-14-19(17-27-20)21-11-9-10-12-22(21)24(31)32/h9-12,14-15,17H,5-8,13,16,18H2,1-4H3,(H,31,32). The predicted octanol–water partition coefficient (Wildman–Crippen LogP) is 5.07. The predicted molar refractivity (Wildman–Crippen MR) is 130 cm³/mol. The molecule has 0 fully saturated rings. The number of aromatic carboxylic acids is 1. The summed E-state index contributed by atoms with van der Waals surface area (Å²) in [6.45, 7) is 4.72. The van der Waals surface area contributed by atoms with E-state index < -0.39 is 11.8 Å². The molecule has 0 aliphatic carbocycles. The minimum atomic E-state index is -0.972. The zero-order valence-electron chi connectivity index (χ0n) is 20.5. The lowest BCUT2D eigenvalue weighted by Crippen LogP contribution is -2.32. The van der Waals surface area contributed by atoms with Gasteiger partial charge in [0.1, 0.15) is 5.82 Å². The van der Waals surface area contributed by atoms with Crippen LogP contribution in [0.15, 0.2) is 42.6 Å². The lowest BCUT2D eigenvalue weighted by Gasteiger charge is -2.27. The van der Waals surface area contributed by atoms with Crippen LogP contribution in [0, 0.1) is 0 Å². The third-order valence-corrected chi connectivity index (χ3v) is 5.97. The maximum absolute atomic E-state index is 11.6. The van der Waals surface area contributed by atoms with Gasteiger partial charge in [-0.3, -0.25) is 4.98 Å². The van der Waals surface area contributed by atoms with Crippen LogP contribution in [0.3, 0.4) is 0 Å². The Balaban J connectivity index is 1.90. The van der Waals surface area contributed by atoms with Crippen molar-refractivity contribution in [2.75, 3.05) is 14.2 Å². The van der Waals surface area contributed by atoms with Gasteiger partial charge in [-0.2, -0.15) is 0 Å². The Hall–Kier alpha value is -3.10. The highest BCUT2D eigenvalue weighted by Gasteiger charge is 2.37. The van der Waals surface area contributed by atoms with E-state index in [9.17, 15) is 9.90 Å². The van der Waals surface area contributed by atoms with Crippen molar-refractivity contribution in [3.8, 4) is 11.1 Å². The van der Waals surface area contributed by atoms with E-state index in [4.69, 9.17) is 19.6 Å². The number of carbonyl (C=O) groups is 1. The first-order valence-corrected chi connectivity index (χ1v) is 11.8. The van der Waals surface area contributed by atoms with Crippen LogP contribution in [0.25, 0.3) is 11.1 Å². The fraction of sp³-hybridized carbons (Fsp3) is 0.462. The molecular weight excluding hydrogens is 432 g/mol. The highest BCUT2D eigenvalue weighted by Crippen LogP contribution is 2.30. The number of nitrogens with zero attached hydrogens (tertiary/aromatic N) is 4. The second-order valence-corrected chi connectivity index (χ2v) is 8.27. The third-order valence-electron chi connectivity index (χ3n) is 5.97. The molecule has 0 saturated heterocycles. The highest BCUT2D eigenvalue weighted by atomic mass is 16.7. The largest absolute Gasteiger partial charge is 0.478 e. The van der Waals surface area contributed by atoms with Gasteiger partial charge in [0.2, 0.25) is 11.6 Å². The zero-order chi connectivity index (χ0) is 24.6. The van der Waals surface area contributed by atoms with Gasteiger partial charge in [0, 0.05) is 38.8 Å². The van der Waals surface area contributed by atoms with Gasteiger partial charge in [-0.25, -0.2) is 14.5 Å². The molecule has 1 aromatic carbocycles. The molecule has 0 unspecified atom stereocenters. The molecule has 0 aliphatic rings. The van der Waals surface area contributed by atoms with E-state index in [-0.39, 0.29) is 5.56 Å². The first kappa shape index (κ1) is 25.5. The number of rotatable bonds is 13. The maximum Gasteiger partial charge on any atom is 0.336 e. The van der Waals surface area contributed by atoms with Crippen LogP contribution in [0.4, 0.5) is 0 Å². The van der Waals surface area contributed by atoms with Gasteiger partial charge in [-0.05, 0) is 30.5 Å². The number of hydrogen-bond acceptors (Lipinski definition) is 6. The Morgan fingerprint density at radius 3 is 2.41 bits per heavy atom. The lowest BCUT2D eigenvalue weighted by molar-refractivity contribution is -0.226. The first-order valence-electron chi connectivity index (χ1n) is 11.8. The quantitative estimate of drug-likeness (QED) is 0.351. The number of aromatic nitrogens is 4. The molecule has 3 aromatic rings. The number of ether oxygens (including phenoxy) is 2. The molecular formula is C26H34N4O4. The Labute approximate surface area is 201 Å². The van der Waals surface area contributed by atoms with Crippen molar-refractivity contribution in [1.82, 2.24) is 19.7 Å². The van der Waals surface area contributed by atoms with Crippen LogP contribution < -0.4 is 0 Å². The van der Waals surface area contributed by atoms with E-state index in [1.807, 2.05) is 22.9 Å². The maximum atomic E-state index is 11.6. The van der Waals surface area contributed by atoms with Gasteiger partial charge in [-0.1, -0.05) is 51.0 Å². The summed E-state index contributed by atoms with van der Waals surface area (Å²) >= 11 is 0. The van der Waals surface area contributed by atoms with Crippen LogP contribution in [0.5, 0.6) is 0 Å². The number of benzene rings is 1. The first-order chi connectivity index (χ1) is 16.5. The minimum absolute atomic E-state index is 0.252. The number of carboxylic acid groups (broad SMARTS) is 1. The summed E-state index contributed by atoms with van der Waals surface area (Å²) in [4.78, 5) is 21.0.